The lowest BCUT2D eigenvalue weighted by atomic mass is 10.00. The Hall–Kier alpha value is -1.38. The van der Waals surface area contributed by atoms with E-state index in [0.717, 1.165) is 44.2 Å². The molecule has 1 fully saturated rings. The molecule has 1 aliphatic heterocycles. The zero-order valence-electron chi connectivity index (χ0n) is 13.1. The lowest BCUT2D eigenvalue weighted by Gasteiger charge is -2.26. The number of likely N-dealkylation sites (tertiary alicyclic amines) is 1. The Kier molecular flexibility index (Phi) is 5.77. The molecule has 1 aromatic rings. The molecule has 0 spiro atoms. The summed E-state index contributed by atoms with van der Waals surface area (Å²) in [7, 11) is 0. The van der Waals surface area contributed by atoms with Crippen molar-refractivity contribution >= 4 is 5.91 Å². The average Bonchev–Trinajstić information content (AvgIpc) is 2.87. The van der Waals surface area contributed by atoms with Crippen LogP contribution >= 0.6 is 0 Å². The van der Waals surface area contributed by atoms with Gasteiger partial charge in [0.25, 0.3) is 0 Å². The molecule has 1 heterocycles. The zero-order chi connectivity index (χ0) is 15.2. The normalized spacial score (nSPS) is 19.8. The van der Waals surface area contributed by atoms with Crippen LogP contribution in [-0.4, -0.2) is 23.4 Å². The number of nitrogens with zero attached hydrogens (tertiary/aromatic N) is 1. The molecule has 0 radical (unpaired) electrons. The van der Waals surface area contributed by atoms with Crippen molar-refractivity contribution in [2.24, 2.45) is 5.92 Å². The molecule has 1 amide bonds. The van der Waals surface area contributed by atoms with Crippen LogP contribution in [0.5, 0.6) is 0 Å². The van der Waals surface area contributed by atoms with Crippen LogP contribution in [0, 0.1) is 11.7 Å². The smallest absolute Gasteiger partial charge is 0.223 e. The van der Waals surface area contributed by atoms with Gasteiger partial charge in [0.15, 0.2) is 0 Å². The highest BCUT2D eigenvalue weighted by Crippen LogP contribution is 2.24. The summed E-state index contributed by atoms with van der Waals surface area (Å²) in [6.07, 6.45) is 5.74. The minimum absolute atomic E-state index is 0.194. The van der Waals surface area contributed by atoms with E-state index in [0.29, 0.717) is 12.3 Å². The second-order valence-electron chi connectivity index (χ2n) is 6.32. The van der Waals surface area contributed by atoms with Gasteiger partial charge in [0.2, 0.25) is 5.91 Å². The first-order valence-electron chi connectivity index (χ1n) is 8.14. The first-order valence-corrected chi connectivity index (χ1v) is 8.14. The number of carbonyl (C=O) groups is 1. The third kappa shape index (κ3) is 4.55. The summed E-state index contributed by atoms with van der Waals surface area (Å²) in [5.41, 5.74) is 0.987. The Bertz CT molecular complexity index is 474. The Labute approximate surface area is 127 Å². The Morgan fingerprint density at radius 3 is 3.00 bits per heavy atom. The van der Waals surface area contributed by atoms with E-state index in [1.807, 2.05) is 11.0 Å². The van der Waals surface area contributed by atoms with Crippen LogP contribution < -0.4 is 0 Å². The number of hydrogen-bond donors (Lipinski definition) is 0. The van der Waals surface area contributed by atoms with Gasteiger partial charge in [-0.25, -0.2) is 4.39 Å². The molecule has 1 aliphatic rings. The first-order chi connectivity index (χ1) is 10.1. The van der Waals surface area contributed by atoms with Gasteiger partial charge in [0.1, 0.15) is 5.82 Å². The van der Waals surface area contributed by atoms with Gasteiger partial charge in [-0.2, -0.15) is 0 Å². The van der Waals surface area contributed by atoms with E-state index < -0.39 is 0 Å². The molecule has 0 N–H and O–H groups in total. The molecule has 21 heavy (non-hydrogen) atoms. The largest absolute Gasteiger partial charge is 0.339 e. The number of hydrogen-bond acceptors (Lipinski definition) is 1. The van der Waals surface area contributed by atoms with Crippen molar-refractivity contribution in [2.45, 2.75) is 58.4 Å². The van der Waals surface area contributed by atoms with E-state index in [-0.39, 0.29) is 17.8 Å². The van der Waals surface area contributed by atoms with Crippen LogP contribution in [0.15, 0.2) is 24.3 Å². The Balaban J connectivity index is 1.95. The van der Waals surface area contributed by atoms with Crippen molar-refractivity contribution in [3.63, 3.8) is 0 Å². The van der Waals surface area contributed by atoms with Gasteiger partial charge in [-0.3, -0.25) is 4.79 Å². The van der Waals surface area contributed by atoms with Crippen molar-refractivity contribution in [3.05, 3.63) is 35.6 Å². The molecule has 0 bridgehead atoms. The van der Waals surface area contributed by atoms with E-state index in [9.17, 15) is 9.18 Å². The van der Waals surface area contributed by atoms with Gasteiger partial charge in [0, 0.05) is 19.0 Å². The number of benzene rings is 1. The van der Waals surface area contributed by atoms with Gasteiger partial charge in [-0.05, 0) is 42.9 Å². The van der Waals surface area contributed by atoms with E-state index >= 15 is 0 Å². The van der Waals surface area contributed by atoms with Gasteiger partial charge >= 0.3 is 0 Å². The minimum Gasteiger partial charge on any atom is -0.339 e. The Morgan fingerprint density at radius 1 is 1.48 bits per heavy atom. The highest BCUT2D eigenvalue weighted by atomic mass is 19.1. The van der Waals surface area contributed by atoms with Crippen LogP contribution in [0.2, 0.25) is 0 Å². The molecule has 1 aromatic carbocycles. The molecule has 1 saturated heterocycles. The van der Waals surface area contributed by atoms with Crippen LogP contribution in [0.3, 0.4) is 0 Å². The maximum atomic E-state index is 13.3. The fraction of sp³-hybridized carbons (Fsp3) is 0.611. The molecule has 3 heteroatoms. The van der Waals surface area contributed by atoms with Gasteiger partial charge in [-0.15, -0.1) is 0 Å². The molecular weight excluding hydrogens is 265 g/mol. The second-order valence-corrected chi connectivity index (χ2v) is 6.32. The standard InChI is InChI=1S/C18H26FNO/c1-3-6-14(2)11-18(21)20-10-5-9-17(20)13-15-7-4-8-16(19)12-15/h4,7-8,12,14,17H,3,5-6,9-11,13H2,1-2H3. The van der Waals surface area contributed by atoms with Crippen LogP contribution in [0.25, 0.3) is 0 Å². The topological polar surface area (TPSA) is 20.3 Å². The monoisotopic (exact) mass is 291 g/mol. The summed E-state index contributed by atoms with van der Waals surface area (Å²) in [5.74, 6) is 0.535. The van der Waals surface area contributed by atoms with Gasteiger partial charge in [-0.1, -0.05) is 38.8 Å². The van der Waals surface area contributed by atoms with Crippen molar-refractivity contribution < 1.29 is 9.18 Å². The summed E-state index contributed by atoms with van der Waals surface area (Å²) in [6, 6.07) is 6.99. The fourth-order valence-electron chi connectivity index (χ4n) is 3.32. The maximum Gasteiger partial charge on any atom is 0.223 e. The van der Waals surface area contributed by atoms with Crippen LogP contribution in [-0.2, 0) is 11.2 Å². The number of amides is 1. The SMILES string of the molecule is CCCC(C)CC(=O)N1CCCC1Cc1cccc(F)c1. The lowest BCUT2D eigenvalue weighted by molar-refractivity contribution is -0.132. The molecule has 2 unspecified atom stereocenters. The quantitative estimate of drug-likeness (QED) is 0.769. The van der Waals surface area contributed by atoms with Crippen molar-refractivity contribution in [2.75, 3.05) is 6.54 Å². The summed E-state index contributed by atoms with van der Waals surface area (Å²) >= 11 is 0. The van der Waals surface area contributed by atoms with Gasteiger partial charge < -0.3 is 4.90 Å². The molecular formula is C18H26FNO. The molecule has 0 aliphatic carbocycles. The predicted molar refractivity (Wildman–Crippen MR) is 83.5 cm³/mol. The molecule has 2 atom stereocenters. The average molecular weight is 291 g/mol. The number of halogens is 1. The summed E-state index contributed by atoms with van der Waals surface area (Å²) in [6.45, 7) is 5.17. The van der Waals surface area contributed by atoms with Crippen molar-refractivity contribution in [1.29, 1.82) is 0 Å². The molecule has 0 aromatic heterocycles. The van der Waals surface area contributed by atoms with E-state index in [2.05, 4.69) is 13.8 Å². The third-order valence-electron chi connectivity index (χ3n) is 4.36. The molecule has 0 saturated carbocycles. The fourth-order valence-corrected chi connectivity index (χ4v) is 3.32. The Morgan fingerprint density at radius 2 is 2.29 bits per heavy atom. The van der Waals surface area contributed by atoms with Crippen LogP contribution in [0.1, 0.15) is 51.5 Å². The molecule has 116 valence electrons. The van der Waals surface area contributed by atoms with Crippen LogP contribution in [0.4, 0.5) is 4.39 Å². The summed E-state index contributed by atoms with van der Waals surface area (Å²) in [4.78, 5) is 14.5. The van der Waals surface area contributed by atoms with E-state index in [4.69, 9.17) is 0 Å². The second kappa shape index (κ2) is 7.58. The lowest BCUT2D eigenvalue weighted by Crippen LogP contribution is -2.37. The molecule has 2 nitrogen and oxygen atoms in total. The summed E-state index contributed by atoms with van der Waals surface area (Å²) in [5, 5.41) is 0. The maximum absolute atomic E-state index is 13.3. The highest BCUT2D eigenvalue weighted by molar-refractivity contribution is 5.77. The van der Waals surface area contributed by atoms with E-state index in [1.165, 1.54) is 6.07 Å². The third-order valence-corrected chi connectivity index (χ3v) is 4.36. The van der Waals surface area contributed by atoms with Gasteiger partial charge in [0.05, 0.1) is 0 Å². The van der Waals surface area contributed by atoms with Crippen molar-refractivity contribution in [3.8, 4) is 0 Å². The first kappa shape index (κ1) is 16.0. The predicted octanol–water partition coefficient (Wildman–Crippen LogP) is 4.19. The van der Waals surface area contributed by atoms with Crippen molar-refractivity contribution in [1.82, 2.24) is 4.90 Å². The zero-order valence-corrected chi connectivity index (χ0v) is 13.1. The minimum atomic E-state index is -0.194. The molecule has 2 rings (SSSR count). The summed E-state index contributed by atoms with van der Waals surface area (Å²) < 4.78 is 13.3. The number of rotatable bonds is 6. The highest BCUT2D eigenvalue weighted by Gasteiger charge is 2.29. The van der Waals surface area contributed by atoms with E-state index in [1.54, 1.807) is 12.1 Å². The number of carbonyl (C=O) groups excluding carboxylic acids is 1.